The first kappa shape index (κ1) is 21.6. The monoisotopic (exact) mass is 445 g/mol. The Kier molecular flexibility index (Phi) is 6.56. The van der Waals surface area contributed by atoms with Crippen LogP contribution in [0.5, 0.6) is 5.75 Å². The summed E-state index contributed by atoms with van der Waals surface area (Å²) >= 11 is 1.25. The maximum Gasteiger partial charge on any atom is 0.266 e. The number of hydrogen-bond donors (Lipinski definition) is 0. The lowest BCUT2D eigenvalue weighted by Crippen LogP contribution is -2.28. The molecular formula is C25H23N3O3S. The third kappa shape index (κ3) is 4.68. The number of hydrogen-bond acceptors (Lipinski definition) is 5. The first-order chi connectivity index (χ1) is 15.6. The molecule has 0 fully saturated rings. The summed E-state index contributed by atoms with van der Waals surface area (Å²) in [6.07, 6.45) is 0. The van der Waals surface area contributed by atoms with Crippen LogP contribution in [0.2, 0.25) is 0 Å². The highest BCUT2D eigenvalue weighted by atomic mass is 32.2. The molecule has 0 aliphatic heterocycles. The third-order valence-electron chi connectivity index (χ3n) is 5.07. The second-order valence-corrected chi connectivity index (χ2v) is 8.22. The average molecular weight is 446 g/mol. The molecule has 0 aliphatic carbocycles. The van der Waals surface area contributed by atoms with E-state index >= 15 is 0 Å². The van der Waals surface area contributed by atoms with Crippen molar-refractivity contribution in [1.82, 2.24) is 14.5 Å². The van der Waals surface area contributed by atoms with Crippen LogP contribution in [0.1, 0.15) is 5.56 Å². The molecule has 7 heteroatoms. The van der Waals surface area contributed by atoms with E-state index in [0.29, 0.717) is 34.0 Å². The fourth-order valence-electron chi connectivity index (χ4n) is 3.37. The van der Waals surface area contributed by atoms with Crippen LogP contribution in [0.4, 0.5) is 0 Å². The number of thioether (sulfide) groups is 1. The van der Waals surface area contributed by atoms with Crippen LogP contribution in [-0.2, 0) is 11.3 Å². The van der Waals surface area contributed by atoms with E-state index in [9.17, 15) is 9.59 Å². The van der Waals surface area contributed by atoms with Gasteiger partial charge in [-0.1, -0.05) is 60.3 Å². The van der Waals surface area contributed by atoms with E-state index < -0.39 is 0 Å². The van der Waals surface area contributed by atoms with E-state index in [1.54, 1.807) is 41.8 Å². The van der Waals surface area contributed by atoms with Gasteiger partial charge in [-0.15, -0.1) is 0 Å². The Labute approximate surface area is 190 Å². The van der Waals surface area contributed by atoms with E-state index in [0.717, 1.165) is 5.56 Å². The molecule has 0 atom stereocenters. The molecule has 0 unspecified atom stereocenters. The molecule has 0 bridgehead atoms. The van der Waals surface area contributed by atoms with E-state index in [-0.39, 0.29) is 17.2 Å². The van der Waals surface area contributed by atoms with Crippen LogP contribution < -0.4 is 10.3 Å². The SMILES string of the molecule is COc1cccc(-n2c(SCC(=O)N(C)Cc3ccccc3)nc3ccccc3c2=O)c1. The Bertz CT molecular complexity index is 1300. The zero-order chi connectivity index (χ0) is 22.5. The van der Waals surface area contributed by atoms with Gasteiger partial charge in [0.15, 0.2) is 5.16 Å². The molecule has 1 amide bonds. The van der Waals surface area contributed by atoms with Crippen molar-refractivity contribution >= 4 is 28.6 Å². The molecule has 1 heterocycles. The molecule has 32 heavy (non-hydrogen) atoms. The van der Waals surface area contributed by atoms with Crippen LogP contribution in [0.15, 0.2) is 88.8 Å². The summed E-state index contributed by atoms with van der Waals surface area (Å²) in [5.41, 5.74) is 2.12. The molecule has 4 aromatic rings. The molecule has 162 valence electrons. The third-order valence-corrected chi connectivity index (χ3v) is 5.99. The van der Waals surface area contributed by atoms with Crippen molar-refractivity contribution in [2.75, 3.05) is 19.9 Å². The lowest BCUT2D eigenvalue weighted by atomic mass is 10.2. The summed E-state index contributed by atoms with van der Waals surface area (Å²) in [6.45, 7) is 0.522. The van der Waals surface area contributed by atoms with Crippen molar-refractivity contribution in [3.63, 3.8) is 0 Å². The van der Waals surface area contributed by atoms with Crippen molar-refractivity contribution in [3.05, 3.63) is 94.8 Å². The number of rotatable bonds is 7. The smallest absolute Gasteiger partial charge is 0.266 e. The van der Waals surface area contributed by atoms with Crippen LogP contribution in [0, 0.1) is 0 Å². The second kappa shape index (κ2) is 9.70. The van der Waals surface area contributed by atoms with Gasteiger partial charge in [-0.05, 0) is 29.8 Å². The van der Waals surface area contributed by atoms with Crippen LogP contribution in [0.3, 0.4) is 0 Å². The number of fused-ring (bicyclic) bond motifs is 1. The van der Waals surface area contributed by atoms with E-state index in [1.807, 2.05) is 60.7 Å². The van der Waals surface area contributed by atoms with Gasteiger partial charge in [-0.25, -0.2) is 4.98 Å². The van der Waals surface area contributed by atoms with Gasteiger partial charge >= 0.3 is 0 Å². The first-order valence-electron chi connectivity index (χ1n) is 10.1. The van der Waals surface area contributed by atoms with Crippen molar-refractivity contribution in [1.29, 1.82) is 0 Å². The molecule has 0 aliphatic rings. The highest BCUT2D eigenvalue weighted by Crippen LogP contribution is 2.24. The zero-order valence-corrected chi connectivity index (χ0v) is 18.7. The molecule has 0 N–H and O–H groups in total. The first-order valence-corrected chi connectivity index (χ1v) is 11.1. The lowest BCUT2D eigenvalue weighted by Gasteiger charge is -2.18. The van der Waals surface area contributed by atoms with Crippen LogP contribution >= 0.6 is 11.8 Å². The van der Waals surface area contributed by atoms with Crippen molar-refractivity contribution in [2.45, 2.75) is 11.7 Å². The molecule has 6 nitrogen and oxygen atoms in total. The largest absolute Gasteiger partial charge is 0.497 e. The number of nitrogens with zero attached hydrogens (tertiary/aromatic N) is 3. The zero-order valence-electron chi connectivity index (χ0n) is 17.9. The minimum atomic E-state index is -0.184. The number of carbonyl (C=O) groups excluding carboxylic acids is 1. The number of para-hydroxylation sites is 1. The fraction of sp³-hybridized carbons (Fsp3) is 0.160. The number of benzene rings is 3. The molecule has 4 rings (SSSR count). The van der Waals surface area contributed by atoms with Crippen LogP contribution in [0.25, 0.3) is 16.6 Å². The minimum Gasteiger partial charge on any atom is -0.497 e. The van der Waals surface area contributed by atoms with Gasteiger partial charge in [0.05, 0.1) is 29.5 Å². The Morgan fingerprint density at radius 2 is 1.78 bits per heavy atom. The van der Waals surface area contributed by atoms with Gasteiger partial charge < -0.3 is 9.64 Å². The van der Waals surface area contributed by atoms with E-state index in [1.165, 1.54) is 11.8 Å². The summed E-state index contributed by atoms with van der Waals surface area (Å²) in [7, 11) is 3.36. The molecule has 3 aromatic carbocycles. The summed E-state index contributed by atoms with van der Waals surface area (Å²) in [4.78, 5) is 32.5. The number of carbonyl (C=O) groups is 1. The quantitative estimate of drug-likeness (QED) is 0.316. The van der Waals surface area contributed by atoms with Gasteiger partial charge in [-0.3, -0.25) is 14.2 Å². The van der Waals surface area contributed by atoms with E-state index in [2.05, 4.69) is 0 Å². The number of methoxy groups -OCH3 is 1. The maximum absolute atomic E-state index is 13.3. The summed E-state index contributed by atoms with van der Waals surface area (Å²) in [5, 5.41) is 0.982. The van der Waals surface area contributed by atoms with Crippen molar-refractivity contribution in [2.24, 2.45) is 0 Å². The summed E-state index contributed by atoms with van der Waals surface area (Å²) < 4.78 is 6.87. The topological polar surface area (TPSA) is 64.4 Å². The summed E-state index contributed by atoms with van der Waals surface area (Å²) in [6, 6.07) is 24.3. The highest BCUT2D eigenvalue weighted by Gasteiger charge is 2.17. The molecule has 0 saturated carbocycles. The molecule has 0 saturated heterocycles. The second-order valence-electron chi connectivity index (χ2n) is 7.28. The van der Waals surface area contributed by atoms with Gasteiger partial charge in [0.2, 0.25) is 5.91 Å². The fourth-order valence-corrected chi connectivity index (χ4v) is 4.32. The predicted molar refractivity (Wildman–Crippen MR) is 128 cm³/mol. The number of aromatic nitrogens is 2. The number of ether oxygens (including phenoxy) is 1. The van der Waals surface area contributed by atoms with Crippen LogP contribution in [-0.4, -0.2) is 40.3 Å². The molecule has 0 radical (unpaired) electrons. The highest BCUT2D eigenvalue weighted by molar-refractivity contribution is 7.99. The average Bonchev–Trinajstić information content (AvgIpc) is 2.83. The van der Waals surface area contributed by atoms with Crippen molar-refractivity contribution < 1.29 is 9.53 Å². The molecule has 0 spiro atoms. The molecular weight excluding hydrogens is 422 g/mol. The lowest BCUT2D eigenvalue weighted by molar-refractivity contribution is -0.127. The van der Waals surface area contributed by atoms with Crippen molar-refractivity contribution in [3.8, 4) is 11.4 Å². The Balaban J connectivity index is 1.65. The number of amides is 1. The van der Waals surface area contributed by atoms with Gasteiger partial charge in [-0.2, -0.15) is 0 Å². The van der Waals surface area contributed by atoms with E-state index in [4.69, 9.17) is 9.72 Å². The summed E-state index contributed by atoms with van der Waals surface area (Å²) in [5.74, 6) is 0.758. The minimum absolute atomic E-state index is 0.0431. The normalized spacial score (nSPS) is 10.8. The van der Waals surface area contributed by atoms with Gasteiger partial charge in [0, 0.05) is 19.7 Å². The van der Waals surface area contributed by atoms with Gasteiger partial charge in [0.1, 0.15) is 5.75 Å². The van der Waals surface area contributed by atoms with Gasteiger partial charge in [0.25, 0.3) is 5.56 Å². The molecule has 1 aromatic heterocycles. The Morgan fingerprint density at radius 1 is 1.03 bits per heavy atom. The standard InChI is InChI=1S/C25H23N3O3S/c1-27(16-18-9-4-3-5-10-18)23(29)17-32-25-26-22-14-7-6-13-21(22)24(30)28(25)19-11-8-12-20(15-19)31-2/h3-15H,16-17H2,1-2H3. The Morgan fingerprint density at radius 3 is 2.56 bits per heavy atom. The predicted octanol–water partition coefficient (Wildman–Crippen LogP) is 4.15. The Hall–Kier alpha value is -3.58. The maximum atomic E-state index is 13.3.